The Bertz CT molecular complexity index is 438. The number of hydrogen-bond donors (Lipinski definition) is 2. The van der Waals surface area contributed by atoms with Crippen molar-refractivity contribution >= 4 is 11.6 Å². The number of anilines is 1. The largest absolute Gasteiger partial charge is 0.376 e. The summed E-state index contributed by atoms with van der Waals surface area (Å²) in [7, 11) is 0. The molecule has 1 saturated heterocycles. The van der Waals surface area contributed by atoms with E-state index in [2.05, 4.69) is 10.4 Å². The minimum Gasteiger partial charge on any atom is -0.376 e. The lowest BCUT2D eigenvalue weighted by Crippen LogP contribution is -2.36. The van der Waals surface area contributed by atoms with Gasteiger partial charge in [0.25, 0.3) is 0 Å². The van der Waals surface area contributed by atoms with Crippen LogP contribution in [-0.2, 0) is 16.1 Å². The average molecular weight is 280 g/mol. The third kappa shape index (κ3) is 4.31. The van der Waals surface area contributed by atoms with Gasteiger partial charge in [0, 0.05) is 12.8 Å². The van der Waals surface area contributed by atoms with Gasteiger partial charge in [-0.3, -0.25) is 9.48 Å². The summed E-state index contributed by atoms with van der Waals surface area (Å²) in [4.78, 5) is 11.9. The first-order valence-electron chi connectivity index (χ1n) is 7.25. The van der Waals surface area contributed by atoms with Gasteiger partial charge in [0.2, 0.25) is 5.91 Å². The van der Waals surface area contributed by atoms with Crippen LogP contribution >= 0.6 is 0 Å². The van der Waals surface area contributed by atoms with Crippen LogP contribution in [0.1, 0.15) is 33.1 Å². The summed E-state index contributed by atoms with van der Waals surface area (Å²) >= 11 is 0. The molecule has 0 aromatic carbocycles. The van der Waals surface area contributed by atoms with Crippen LogP contribution in [0.4, 0.5) is 5.69 Å². The summed E-state index contributed by atoms with van der Waals surface area (Å²) in [6.07, 6.45) is 6.56. The molecule has 2 atom stereocenters. The molecule has 2 heterocycles. The van der Waals surface area contributed by atoms with Crippen molar-refractivity contribution in [3.8, 4) is 0 Å². The predicted molar refractivity (Wildman–Crippen MR) is 77.3 cm³/mol. The molecule has 0 aliphatic carbocycles. The summed E-state index contributed by atoms with van der Waals surface area (Å²) in [5.41, 5.74) is 6.53. The first-order chi connectivity index (χ1) is 9.54. The second-order valence-electron chi connectivity index (χ2n) is 5.81. The molecule has 1 aromatic heterocycles. The van der Waals surface area contributed by atoms with Gasteiger partial charge in [-0.05, 0) is 25.2 Å². The summed E-state index contributed by atoms with van der Waals surface area (Å²) in [5.74, 6) is 0.244. The Kier molecular flexibility index (Phi) is 5.14. The molecule has 0 bridgehead atoms. The normalized spacial score (nSPS) is 20.3. The smallest absolute Gasteiger partial charge is 0.241 e. The van der Waals surface area contributed by atoms with E-state index in [1.54, 1.807) is 10.9 Å². The Morgan fingerprint density at radius 1 is 1.65 bits per heavy atom. The Hall–Kier alpha value is -1.40. The standard InChI is InChI=1S/C14H24N4O2/c1-10(2)6-13(15)14(19)17-11-7-16-18(8-11)9-12-4-3-5-20-12/h7-8,10,12-13H,3-6,9,15H2,1-2H3,(H,17,19)/t12?,13-/m0/s1. The number of rotatable bonds is 6. The van der Waals surface area contributed by atoms with Gasteiger partial charge in [-0.2, -0.15) is 5.10 Å². The van der Waals surface area contributed by atoms with E-state index in [0.717, 1.165) is 26.0 Å². The Balaban J connectivity index is 1.83. The van der Waals surface area contributed by atoms with Gasteiger partial charge in [-0.15, -0.1) is 0 Å². The Morgan fingerprint density at radius 2 is 2.45 bits per heavy atom. The summed E-state index contributed by atoms with van der Waals surface area (Å²) in [6.45, 7) is 5.66. The molecule has 1 fully saturated rings. The van der Waals surface area contributed by atoms with E-state index in [0.29, 0.717) is 18.0 Å². The fourth-order valence-corrected chi connectivity index (χ4v) is 2.37. The van der Waals surface area contributed by atoms with E-state index < -0.39 is 6.04 Å². The monoisotopic (exact) mass is 280 g/mol. The van der Waals surface area contributed by atoms with Crippen molar-refractivity contribution in [2.24, 2.45) is 11.7 Å². The molecule has 1 amide bonds. The lowest BCUT2D eigenvalue weighted by molar-refractivity contribution is -0.117. The van der Waals surface area contributed by atoms with Crippen molar-refractivity contribution in [2.45, 2.75) is 51.8 Å². The molecular weight excluding hydrogens is 256 g/mol. The molecule has 1 aliphatic rings. The second-order valence-corrected chi connectivity index (χ2v) is 5.81. The molecule has 1 unspecified atom stereocenters. The number of carbonyl (C=O) groups excluding carboxylic acids is 1. The summed E-state index contributed by atoms with van der Waals surface area (Å²) in [5, 5.41) is 7.04. The van der Waals surface area contributed by atoms with Gasteiger partial charge < -0.3 is 15.8 Å². The van der Waals surface area contributed by atoms with Gasteiger partial charge in [-0.1, -0.05) is 13.8 Å². The van der Waals surface area contributed by atoms with Gasteiger partial charge >= 0.3 is 0 Å². The molecule has 20 heavy (non-hydrogen) atoms. The van der Waals surface area contributed by atoms with Gasteiger partial charge in [0.1, 0.15) is 0 Å². The highest BCUT2D eigenvalue weighted by atomic mass is 16.5. The zero-order valence-corrected chi connectivity index (χ0v) is 12.2. The molecule has 2 rings (SSSR count). The molecule has 112 valence electrons. The number of carbonyl (C=O) groups is 1. The molecule has 3 N–H and O–H groups in total. The van der Waals surface area contributed by atoms with Crippen molar-refractivity contribution < 1.29 is 9.53 Å². The van der Waals surface area contributed by atoms with E-state index >= 15 is 0 Å². The van der Waals surface area contributed by atoms with Crippen LogP contribution in [0.3, 0.4) is 0 Å². The fraction of sp³-hybridized carbons (Fsp3) is 0.714. The lowest BCUT2D eigenvalue weighted by Gasteiger charge is -2.13. The molecule has 1 aliphatic heterocycles. The number of amides is 1. The molecule has 1 aromatic rings. The molecule has 0 radical (unpaired) electrons. The SMILES string of the molecule is CC(C)C[C@H](N)C(=O)Nc1cnn(CC2CCCO2)c1. The number of nitrogens with one attached hydrogen (secondary N) is 1. The molecule has 6 nitrogen and oxygen atoms in total. The zero-order valence-electron chi connectivity index (χ0n) is 12.2. The molecule has 6 heteroatoms. The maximum Gasteiger partial charge on any atom is 0.241 e. The maximum atomic E-state index is 11.9. The topological polar surface area (TPSA) is 82.2 Å². The van der Waals surface area contributed by atoms with Crippen molar-refractivity contribution in [3.63, 3.8) is 0 Å². The lowest BCUT2D eigenvalue weighted by atomic mass is 10.0. The van der Waals surface area contributed by atoms with Crippen molar-refractivity contribution in [3.05, 3.63) is 12.4 Å². The van der Waals surface area contributed by atoms with Gasteiger partial charge in [-0.25, -0.2) is 0 Å². The van der Waals surface area contributed by atoms with Crippen molar-refractivity contribution in [2.75, 3.05) is 11.9 Å². The Morgan fingerprint density at radius 3 is 3.10 bits per heavy atom. The predicted octanol–water partition coefficient (Wildman–Crippen LogP) is 1.37. The van der Waals surface area contributed by atoms with Crippen molar-refractivity contribution in [1.29, 1.82) is 0 Å². The third-order valence-corrected chi connectivity index (χ3v) is 3.38. The molecular formula is C14H24N4O2. The average Bonchev–Trinajstić information content (AvgIpc) is 3.01. The van der Waals surface area contributed by atoms with Crippen molar-refractivity contribution in [1.82, 2.24) is 9.78 Å². The van der Waals surface area contributed by atoms with E-state index in [9.17, 15) is 4.79 Å². The van der Waals surface area contributed by atoms with Crippen LogP contribution in [0.5, 0.6) is 0 Å². The number of nitrogens with two attached hydrogens (primary N) is 1. The highest BCUT2D eigenvalue weighted by Crippen LogP contribution is 2.15. The quantitative estimate of drug-likeness (QED) is 0.824. The van der Waals surface area contributed by atoms with Crippen LogP contribution in [0, 0.1) is 5.92 Å². The van der Waals surface area contributed by atoms with Crippen LogP contribution in [0.2, 0.25) is 0 Å². The number of aromatic nitrogens is 2. The second kappa shape index (κ2) is 6.85. The van der Waals surface area contributed by atoms with Crippen LogP contribution < -0.4 is 11.1 Å². The van der Waals surface area contributed by atoms with E-state index in [4.69, 9.17) is 10.5 Å². The summed E-state index contributed by atoms with van der Waals surface area (Å²) in [6, 6.07) is -0.475. The van der Waals surface area contributed by atoms with E-state index in [1.165, 1.54) is 0 Å². The van der Waals surface area contributed by atoms with Crippen LogP contribution in [0.25, 0.3) is 0 Å². The number of nitrogens with zero attached hydrogens (tertiary/aromatic N) is 2. The number of hydrogen-bond acceptors (Lipinski definition) is 4. The van der Waals surface area contributed by atoms with E-state index in [-0.39, 0.29) is 12.0 Å². The van der Waals surface area contributed by atoms with Gasteiger partial charge in [0.05, 0.1) is 30.6 Å². The third-order valence-electron chi connectivity index (χ3n) is 3.38. The first-order valence-corrected chi connectivity index (χ1v) is 7.25. The molecule has 0 spiro atoms. The minimum atomic E-state index is -0.475. The van der Waals surface area contributed by atoms with Crippen LogP contribution in [-0.4, -0.2) is 34.4 Å². The molecule has 0 saturated carbocycles. The van der Waals surface area contributed by atoms with E-state index in [1.807, 2.05) is 20.0 Å². The van der Waals surface area contributed by atoms with Crippen LogP contribution in [0.15, 0.2) is 12.4 Å². The fourth-order valence-electron chi connectivity index (χ4n) is 2.37. The Labute approximate surface area is 119 Å². The zero-order chi connectivity index (χ0) is 14.5. The number of ether oxygens (including phenoxy) is 1. The maximum absolute atomic E-state index is 11.9. The van der Waals surface area contributed by atoms with Gasteiger partial charge in [0.15, 0.2) is 0 Å². The highest BCUT2D eigenvalue weighted by molar-refractivity contribution is 5.94. The summed E-state index contributed by atoms with van der Waals surface area (Å²) < 4.78 is 7.37. The minimum absolute atomic E-state index is 0.157. The highest BCUT2D eigenvalue weighted by Gasteiger charge is 2.18. The first kappa shape index (κ1) is 15.0.